The van der Waals surface area contributed by atoms with Crippen LogP contribution in [0.1, 0.15) is 16.1 Å². The number of nitrogens with two attached hydrogens (primary N) is 1. The lowest BCUT2D eigenvalue weighted by atomic mass is 10.2. The first kappa shape index (κ1) is 18.9. The lowest BCUT2D eigenvalue weighted by Gasteiger charge is -2.07. The van der Waals surface area contributed by atoms with Crippen molar-refractivity contribution >= 4 is 23.3 Å². The number of hydrogen-bond acceptors (Lipinski definition) is 6. The smallest absolute Gasteiger partial charge is 0.275 e. The quantitative estimate of drug-likeness (QED) is 0.570. The van der Waals surface area contributed by atoms with Gasteiger partial charge in [-0.05, 0) is 29.8 Å². The summed E-state index contributed by atoms with van der Waals surface area (Å²) in [6.45, 7) is 0.167. The van der Waals surface area contributed by atoms with Crippen LogP contribution in [0.5, 0.6) is 5.75 Å². The van der Waals surface area contributed by atoms with Crippen molar-refractivity contribution in [2.75, 3.05) is 18.2 Å². The van der Waals surface area contributed by atoms with Crippen LogP contribution in [0.15, 0.2) is 54.6 Å². The molecule has 0 aliphatic carbocycles. The van der Waals surface area contributed by atoms with Gasteiger partial charge in [-0.1, -0.05) is 35.5 Å². The van der Waals surface area contributed by atoms with E-state index in [0.717, 1.165) is 5.56 Å². The molecule has 0 atom stereocenters. The fraction of sp³-hybridized carbons (Fsp3) is 0.158. The second-order valence-corrected chi connectivity index (χ2v) is 5.93. The van der Waals surface area contributed by atoms with Crippen molar-refractivity contribution in [3.05, 3.63) is 65.9 Å². The van der Waals surface area contributed by atoms with E-state index in [1.165, 1.54) is 4.68 Å². The van der Waals surface area contributed by atoms with E-state index in [9.17, 15) is 9.59 Å². The van der Waals surface area contributed by atoms with E-state index in [0.29, 0.717) is 18.0 Å². The summed E-state index contributed by atoms with van der Waals surface area (Å²) >= 11 is 0. The lowest BCUT2D eigenvalue weighted by molar-refractivity contribution is -0.116. The van der Waals surface area contributed by atoms with Crippen LogP contribution in [0.2, 0.25) is 0 Å². The number of hydrogen-bond donors (Lipinski definition) is 3. The van der Waals surface area contributed by atoms with Gasteiger partial charge in [-0.15, -0.1) is 5.10 Å². The summed E-state index contributed by atoms with van der Waals surface area (Å²) in [4.78, 5) is 24.5. The topological polar surface area (TPSA) is 124 Å². The normalized spacial score (nSPS) is 10.3. The lowest BCUT2D eigenvalue weighted by Crippen LogP contribution is -2.25. The number of carbonyl (C=O) groups is 2. The monoisotopic (exact) mass is 380 g/mol. The maximum Gasteiger partial charge on any atom is 0.275 e. The molecule has 0 saturated carbocycles. The molecular weight excluding hydrogens is 360 g/mol. The van der Waals surface area contributed by atoms with Gasteiger partial charge in [0.25, 0.3) is 5.91 Å². The van der Waals surface area contributed by atoms with Crippen molar-refractivity contribution in [2.24, 2.45) is 0 Å². The molecule has 4 N–H and O–H groups in total. The number of rotatable bonds is 7. The van der Waals surface area contributed by atoms with Gasteiger partial charge in [-0.25, -0.2) is 4.68 Å². The highest BCUT2D eigenvalue weighted by molar-refractivity contribution is 5.96. The van der Waals surface area contributed by atoms with Gasteiger partial charge in [-0.2, -0.15) is 0 Å². The first-order valence-electron chi connectivity index (χ1n) is 8.52. The van der Waals surface area contributed by atoms with E-state index in [2.05, 4.69) is 20.9 Å². The zero-order valence-electron chi connectivity index (χ0n) is 15.3. The maximum atomic E-state index is 12.3. The molecule has 2 aromatic carbocycles. The van der Waals surface area contributed by atoms with Gasteiger partial charge in [-0.3, -0.25) is 9.59 Å². The number of aromatic nitrogens is 3. The summed E-state index contributed by atoms with van der Waals surface area (Å²) in [6, 6.07) is 16.3. The third-order valence-corrected chi connectivity index (χ3v) is 3.95. The molecule has 2 amide bonds. The SMILES string of the molecule is COc1ccc(NC(=O)Cn2nnc(C(=O)NCc3ccccc3)c2N)cc1. The summed E-state index contributed by atoms with van der Waals surface area (Å²) in [5.74, 6) is -0.0960. The maximum absolute atomic E-state index is 12.3. The standard InChI is InChI=1S/C19H20N6O3/c1-28-15-9-7-14(8-10-15)22-16(26)12-25-18(20)17(23-24-25)19(27)21-11-13-5-3-2-4-6-13/h2-10H,11-12,20H2,1H3,(H,21,27)(H,22,26). The Morgan fingerprint density at radius 2 is 1.82 bits per heavy atom. The fourth-order valence-corrected chi connectivity index (χ4v) is 2.47. The molecule has 0 aliphatic heterocycles. The molecule has 0 unspecified atom stereocenters. The van der Waals surface area contributed by atoms with Crippen LogP contribution < -0.4 is 21.1 Å². The molecule has 0 radical (unpaired) electrons. The summed E-state index contributed by atoms with van der Waals surface area (Å²) in [5, 5.41) is 13.0. The average molecular weight is 380 g/mol. The Morgan fingerprint density at radius 3 is 2.50 bits per heavy atom. The molecule has 1 aromatic heterocycles. The minimum atomic E-state index is -0.455. The molecule has 1 heterocycles. The van der Waals surface area contributed by atoms with Crippen molar-refractivity contribution in [1.82, 2.24) is 20.3 Å². The van der Waals surface area contributed by atoms with E-state index < -0.39 is 5.91 Å². The Hall–Kier alpha value is -3.88. The van der Waals surface area contributed by atoms with Crippen molar-refractivity contribution in [3.63, 3.8) is 0 Å². The Morgan fingerprint density at radius 1 is 1.11 bits per heavy atom. The first-order valence-corrected chi connectivity index (χ1v) is 8.52. The predicted octanol–water partition coefficient (Wildman–Crippen LogP) is 1.44. The minimum absolute atomic E-state index is 0.0202. The molecule has 0 saturated heterocycles. The molecule has 0 fully saturated rings. The summed E-state index contributed by atoms with van der Waals surface area (Å²) in [5.41, 5.74) is 7.46. The van der Waals surface area contributed by atoms with Crippen molar-refractivity contribution in [1.29, 1.82) is 0 Å². The second kappa shape index (κ2) is 8.67. The van der Waals surface area contributed by atoms with Gasteiger partial charge in [0.15, 0.2) is 11.5 Å². The highest BCUT2D eigenvalue weighted by Gasteiger charge is 2.18. The highest BCUT2D eigenvalue weighted by atomic mass is 16.5. The number of amides is 2. The number of carbonyl (C=O) groups excluding carboxylic acids is 2. The zero-order chi connectivity index (χ0) is 19.9. The van der Waals surface area contributed by atoms with Crippen LogP contribution in [0.3, 0.4) is 0 Å². The average Bonchev–Trinajstić information content (AvgIpc) is 3.07. The molecule has 0 aliphatic rings. The predicted molar refractivity (Wildman–Crippen MR) is 104 cm³/mol. The Bertz CT molecular complexity index is 954. The van der Waals surface area contributed by atoms with Gasteiger partial charge in [0.05, 0.1) is 7.11 Å². The summed E-state index contributed by atoms with van der Waals surface area (Å²) in [7, 11) is 1.56. The van der Waals surface area contributed by atoms with E-state index in [-0.39, 0.29) is 24.0 Å². The number of methoxy groups -OCH3 is 1. The number of nitrogen functional groups attached to an aromatic ring is 1. The molecule has 9 nitrogen and oxygen atoms in total. The third kappa shape index (κ3) is 4.64. The molecule has 144 valence electrons. The number of benzene rings is 2. The Kier molecular flexibility index (Phi) is 5.85. The summed E-state index contributed by atoms with van der Waals surface area (Å²) in [6.07, 6.45) is 0. The largest absolute Gasteiger partial charge is 0.497 e. The fourth-order valence-electron chi connectivity index (χ4n) is 2.47. The molecule has 9 heteroatoms. The van der Waals surface area contributed by atoms with E-state index >= 15 is 0 Å². The minimum Gasteiger partial charge on any atom is -0.497 e. The van der Waals surface area contributed by atoms with Gasteiger partial charge in [0.1, 0.15) is 12.3 Å². The molecule has 3 aromatic rings. The van der Waals surface area contributed by atoms with Crippen LogP contribution in [0, 0.1) is 0 Å². The number of nitrogens with one attached hydrogen (secondary N) is 2. The Balaban J connectivity index is 1.58. The first-order chi connectivity index (χ1) is 13.6. The molecular formula is C19H20N6O3. The van der Waals surface area contributed by atoms with Crippen molar-refractivity contribution < 1.29 is 14.3 Å². The van der Waals surface area contributed by atoms with Crippen LogP contribution in [0.25, 0.3) is 0 Å². The summed E-state index contributed by atoms with van der Waals surface area (Å²) < 4.78 is 6.25. The van der Waals surface area contributed by atoms with Gasteiger partial charge < -0.3 is 21.1 Å². The number of ether oxygens (including phenoxy) is 1. The number of anilines is 2. The highest BCUT2D eigenvalue weighted by Crippen LogP contribution is 2.15. The van der Waals surface area contributed by atoms with Crippen LogP contribution in [-0.4, -0.2) is 33.9 Å². The van der Waals surface area contributed by atoms with Crippen LogP contribution in [0.4, 0.5) is 11.5 Å². The van der Waals surface area contributed by atoms with Gasteiger partial charge in [0.2, 0.25) is 5.91 Å². The molecule has 0 spiro atoms. The van der Waals surface area contributed by atoms with Gasteiger partial charge in [0, 0.05) is 12.2 Å². The van der Waals surface area contributed by atoms with E-state index in [4.69, 9.17) is 10.5 Å². The Labute approximate surface area is 161 Å². The third-order valence-electron chi connectivity index (χ3n) is 3.95. The van der Waals surface area contributed by atoms with E-state index in [1.807, 2.05) is 30.3 Å². The van der Waals surface area contributed by atoms with Crippen LogP contribution >= 0.6 is 0 Å². The zero-order valence-corrected chi connectivity index (χ0v) is 15.3. The van der Waals surface area contributed by atoms with E-state index in [1.54, 1.807) is 31.4 Å². The molecule has 28 heavy (non-hydrogen) atoms. The van der Waals surface area contributed by atoms with Gasteiger partial charge >= 0.3 is 0 Å². The number of nitrogens with zero attached hydrogens (tertiary/aromatic N) is 3. The van der Waals surface area contributed by atoms with Crippen LogP contribution in [-0.2, 0) is 17.9 Å². The molecule has 0 bridgehead atoms. The van der Waals surface area contributed by atoms with Crippen molar-refractivity contribution in [3.8, 4) is 5.75 Å². The second-order valence-electron chi connectivity index (χ2n) is 5.93. The van der Waals surface area contributed by atoms with Crippen molar-refractivity contribution in [2.45, 2.75) is 13.1 Å². The molecule has 3 rings (SSSR count).